The quantitative estimate of drug-likeness (QED) is 0.850. The Bertz CT molecular complexity index is 450. The second-order valence-corrected chi connectivity index (χ2v) is 4.75. The van der Waals surface area contributed by atoms with Crippen molar-refractivity contribution in [3.05, 3.63) is 28.8 Å². The number of ether oxygens (including phenoxy) is 1. The summed E-state index contributed by atoms with van der Waals surface area (Å²) in [6.45, 7) is 3.48. The number of morpholine rings is 1. The topological polar surface area (TPSA) is 49.8 Å². The smallest absolute Gasteiger partial charge is 0.161 e. The molecule has 1 heterocycles. The summed E-state index contributed by atoms with van der Waals surface area (Å²) < 4.78 is 5.39. The summed E-state index contributed by atoms with van der Waals surface area (Å²) in [6, 6.07) is 5.41. The number of anilines is 1. The molecular formula is C13H16ClNO3. The number of nitrogens with zero attached hydrogens (tertiary/aromatic N) is 1. The number of benzene rings is 1. The van der Waals surface area contributed by atoms with Gasteiger partial charge in [0.15, 0.2) is 5.78 Å². The first-order chi connectivity index (χ1) is 8.61. The van der Waals surface area contributed by atoms with E-state index in [9.17, 15) is 4.79 Å². The number of hydrogen-bond acceptors (Lipinski definition) is 4. The highest BCUT2D eigenvalue weighted by Gasteiger charge is 2.20. The van der Waals surface area contributed by atoms with E-state index in [0.29, 0.717) is 23.7 Å². The fraction of sp³-hybridized carbons (Fsp3) is 0.462. The number of aliphatic hydroxyl groups excluding tert-OH is 1. The number of ketones is 1. The van der Waals surface area contributed by atoms with Crippen molar-refractivity contribution >= 4 is 23.1 Å². The lowest BCUT2D eigenvalue weighted by molar-refractivity contribution is 0.00357. The van der Waals surface area contributed by atoms with Crippen LogP contribution in [0.2, 0.25) is 5.02 Å². The van der Waals surface area contributed by atoms with E-state index in [1.165, 1.54) is 6.92 Å². The van der Waals surface area contributed by atoms with Crippen LogP contribution in [0.5, 0.6) is 0 Å². The van der Waals surface area contributed by atoms with Crippen molar-refractivity contribution in [2.75, 3.05) is 31.2 Å². The van der Waals surface area contributed by atoms with E-state index >= 15 is 0 Å². The maximum atomic E-state index is 11.3. The van der Waals surface area contributed by atoms with E-state index < -0.39 is 0 Å². The molecule has 0 radical (unpaired) electrons. The van der Waals surface area contributed by atoms with Gasteiger partial charge in [0, 0.05) is 24.3 Å². The lowest BCUT2D eigenvalue weighted by atomic mass is 10.1. The standard InChI is InChI=1S/C13H16ClNO3/c1-9(17)12-3-2-10(6-13(12)14)15-4-5-18-11(7-15)8-16/h2-3,6,11,16H,4-5,7-8H2,1H3. The molecule has 0 aliphatic carbocycles. The molecule has 4 nitrogen and oxygen atoms in total. The fourth-order valence-electron chi connectivity index (χ4n) is 2.05. The van der Waals surface area contributed by atoms with E-state index in [0.717, 1.165) is 12.2 Å². The largest absolute Gasteiger partial charge is 0.394 e. The average Bonchev–Trinajstić information content (AvgIpc) is 2.38. The third-order valence-electron chi connectivity index (χ3n) is 3.04. The molecule has 1 aromatic rings. The Balaban J connectivity index is 2.18. The molecule has 0 spiro atoms. The summed E-state index contributed by atoms with van der Waals surface area (Å²) in [6.07, 6.45) is -0.162. The van der Waals surface area contributed by atoms with Gasteiger partial charge < -0.3 is 14.7 Å². The third-order valence-corrected chi connectivity index (χ3v) is 3.35. The predicted molar refractivity (Wildman–Crippen MR) is 70.5 cm³/mol. The number of halogens is 1. The number of aliphatic hydroxyl groups is 1. The van der Waals surface area contributed by atoms with Crippen LogP contribution >= 0.6 is 11.6 Å². The van der Waals surface area contributed by atoms with Gasteiger partial charge in [-0.25, -0.2) is 0 Å². The molecular weight excluding hydrogens is 254 g/mol. The van der Waals surface area contributed by atoms with Crippen molar-refractivity contribution < 1.29 is 14.6 Å². The molecule has 0 amide bonds. The molecule has 5 heteroatoms. The van der Waals surface area contributed by atoms with Crippen molar-refractivity contribution in [3.8, 4) is 0 Å². The maximum Gasteiger partial charge on any atom is 0.161 e. The highest BCUT2D eigenvalue weighted by atomic mass is 35.5. The minimum absolute atomic E-state index is 0.00968. The molecule has 1 unspecified atom stereocenters. The molecule has 0 bridgehead atoms. The summed E-state index contributed by atoms with van der Waals surface area (Å²) in [5.74, 6) is -0.0400. The minimum Gasteiger partial charge on any atom is -0.394 e. The second kappa shape index (κ2) is 5.69. The van der Waals surface area contributed by atoms with E-state index in [2.05, 4.69) is 4.90 Å². The van der Waals surface area contributed by atoms with Crippen LogP contribution in [0.25, 0.3) is 0 Å². The molecule has 0 aromatic heterocycles. The first-order valence-electron chi connectivity index (χ1n) is 5.89. The number of carbonyl (C=O) groups is 1. The van der Waals surface area contributed by atoms with Gasteiger partial charge >= 0.3 is 0 Å². The summed E-state index contributed by atoms with van der Waals surface area (Å²) >= 11 is 6.09. The first kappa shape index (κ1) is 13.3. The third kappa shape index (κ3) is 2.83. The Morgan fingerprint density at radius 2 is 2.39 bits per heavy atom. The van der Waals surface area contributed by atoms with Crippen LogP contribution in [0.4, 0.5) is 5.69 Å². The van der Waals surface area contributed by atoms with Crippen molar-refractivity contribution in [2.45, 2.75) is 13.0 Å². The minimum atomic E-state index is -0.162. The molecule has 1 saturated heterocycles. The van der Waals surface area contributed by atoms with Gasteiger partial charge in [-0.3, -0.25) is 4.79 Å². The zero-order valence-electron chi connectivity index (χ0n) is 10.2. The Labute approximate surface area is 111 Å². The monoisotopic (exact) mass is 269 g/mol. The first-order valence-corrected chi connectivity index (χ1v) is 6.27. The van der Waals surface area contributed by atoms with Crippen LogP contribution in [0.15, 0.2) is 18.2 Å². The van der Waals surface area contributed by atoms with Gasteiger partial charge in [-0.15, -0.1) is 0 Å². The lowest BCUT2D eigenvalue weighted by Crippen LogP contribution is -2.44. The second-order valence-electron chi connectivity index (χ2n) is 4.34. The van der Waals surface area contributed by atoms with Crippen LogP contribution in [0, 0.1) is 0 Å². The zero-order chi connectivity index (χ0) is 13.1. The molecule has 98 valence electrons. The Morgan fingerprint density at radius 3 is 3.00 bits per heavy atom. The molecule has 18 heavy (non-hydrogen) atoms. The summed E-state index contributed by atoms with van der Waals surface area (Å²) in [4.78, 5) is 13.4. The zero-order valence-corrected chi connectivity index (χ0v) is 11.0. The van der Waals surface area contributed by atoms with Crippen LogP contribution < -0.4 is 4.90 Å². The normalized spacial score (nSPS) is 19.9. The van der Waals surface area contributed by atoms with Crippen molar-refractivity contribution in [1.82, 2.24) is 0 Å². The molecule has 1 N–H and O–H groups in total. The van der Waals surface area contributed by atoms with E-state index in [-0.39, 0.29) is 18.5 Å². The fourth-order valence-corrected chi connectivity index (χ4v) is 2.36. The lowest BCUT2D eigenvalue weighted by Gasteiger charge is -2.33. The Hall–Kier alpha value is -1.10. The van der Waals surface area contributed by atoms with Crippen molar-refractivity contribution in [2.24, 2.45) is 0 Å². The number of Topliss-reactive ketones (excluding diaryl/α,β-unsaturated/α-hetero) is 1. The van der Waals surface area contributed by atoms with Crippen molar-refractivity contribution in [3.63, 3.8) is 0 Å². The molecule has 1 fully saturated rings. The average molecular weight is 270 g/mol. The Kier molecular flexibility index (Phi) is 4.22. The van der Waals surface area contributed by atoms with Crippen LogP contribution in [0.1, 0.15) is 17.3 Å². The van der Waals surface area contributed by atoms with Gasteiger partial charge in [-0.05, 0) is 25.1 Å². The highest BCUT2D eigenvalue weighted by molar-refractivity contribution is 6.34. The molecule has 1 aliphatic heterocycles. The molecule has 2 rings (SSSR count). The van der Waals surface area contributed by atoms with Crippen LogP contribution in [-0.2, 0) is 4.74 Å². The van der Waals surface area contributed by atoms with E-state index in [1.807, 2.05) is 6.07 Å². The summed E-state index contributed by atoms with van der Waals surface area (Å²) in [7, 11) is 0. The van der Waals surface area contributed by atoms with Crippen LogP contribution in [0.3, 0.4) is 0 Å². The van der Waals surface area contributed by atoms with Gasteiger partial charge in [0.25, 0.3) is 0 Å². The van der Waals surface area contributed by atoms with Gasteiger partial charge in [-0.2, -0.15) is 0 Å². The Morgan fingerprint density at radius 1 is 1.61 bits per heavy atom. The van der Waals surface area contributed by atoms with Gasteiger partial charge in [-0.1, -0.05) is 11.6 Å². The summed E-state index contributed by atoms with van der Waals surface area (Å²) in [5.41, 5.74) is 1.49. The van der Waals surface area contributed by atoms with Gasteiger partial charge in [0.05, 0.1) is 24.3 Å². The highest BCUT2D eigenvalue weighted by Crippen LogP contribution is 2.25. The number of rotatable bonds is 3. The van der Waals surface area contributed by atoms with Crippen molar-refractivity contribution in [1.29, 1.82) is 0 Å². The van der Waals surface area contributed by atoms with E-state index in [4.69, 9.17) is 21.4 Å². The summed E-state index contributed by atoms with van der Waals surface area (Å²) in [5, 5.41) is 9.57. The van der Waals surface area contributed by atoms with Crippen LogP contribution in [-0.4, -0.2) is 43.3 Å². The predicted octanol–water partition coefficient (Wildman–Crippen LogP) is 1.74. The molecule has 0 saturated carbocycles. The molecule has 1 aromatic carbocycles. The van der Waals surface area contributed by atoms with Gasteiger partial charge in [0.1, 0.15) is 0 Å². The molecule has 1 atom stereocenters. The maximum absolute atomic E-state index is 11.3. The SMILES string of the molecule is CC(=O)c1ccc(N2CCOC(CO)C2)cc1Cl. The number of carbonyl (C=O) groups excluding carboxylic acids is 1. The molecule has 1 aliphatic rings. The van der Waals surface area contributed by atoms with E-state index in [1.54, 1.807) is 12.1 Å². The number of hydrogen-bond donors (Lipinski definition) is 1. The van der Waals surface area contributed by atoms with Gasteiger partial charge in [0.2, 0.25) is 0 Å².